The SMILES string of the molecule is CC1CN(C(=O)CC23CC4CC(CC(C4)C2)C3)CC1N. The Labute approximate surface area is 122 Å². The van der Waals surface area contributed by atoms with Crippen molar-refractivity contribution in [3.05, 3.63) is 0 Å². The Morgan fingerprint density at radius 1 is 1.10 bits per heavy atom. The second-order valence-electron chi connectivity index (χ2n) is 8.53. The summed E-state index contributed by atoms with van der Waals surface area (Å²) >= 11 is 0. The molecule has 0 radical (unpaired) electrons. The van der Waals surface area contributed by atoms with Gasteiger partial charge in [-0.3, -0.25) is 4.79 Å². The zero-order valence-corrected chi connectivity index (χ0v) is 12.7. The first kappa shape index (κ1) is 13.1. The van der Waals surface area contributed by atoms with E-state index < -0.39 is 0 Å². The number of hydrogen-bond donors (Lipinski definition) is 1. The maximum atomic E-state index is 12.7. The van der Waals surface area contributed by atoms with E-state index in [1.807, 2.05) is 4.90 Å². The van der Waals surface area contributed by atoms with Gasteiger partial charge in [0.05, 0.1) is 0 Å². The summed E-state index contributed by atoms with van der Waals surface area (Å²) in [7, 11) is 0. The van der Waals surface area contributed by atoms with Crippen molar-refractivity contribution < 1.29 is 4.79 Å². The maximum absolute atomic E-state index is 12.7. The van der Waals surface area contributed by atoms with Crippen molar-refractivity contribution in [2.24, 2.45) is 34.8 Å². The fourth-order valence-electron chi connectivity index (χ4n) is 6.13. The lowest BCUT2D eigenvalue weighted by atomic mass is 9.49. The Hall–Kier alpha value is -0.570. The Kier molecular flexibility index (Phi) is 2.93. The lowest BCUT2D eigenvalue weighted by Gasteiger charge is -2.56. The standard InChI is InChI=1S/C17H28N2O/c1-11-9-19(10-15(11)18)16(20)8-17-5-12-2-13(6-17)4-14(3-12)7-17/h11-15H,2-10,18H2,1H3. The molecule has 1 amide bonds. The Bertz CT molecular complexity index is 374. The molecule has 2 atom stereocenters. The summed E-state index contributed by atoms with van der Waals surface area (Å²) in [4.78, 5) is 14.7. The van der Waals surface area contributed by atoms with Crippen LogP contribution in [0.4, 0.5) is 0 Å². The third-order valence-corrected chi connectivity index (χ3v) is 6.71. The first-order valence-corrected chi connectivity index (χ1v) is 8.56. The van der Waals surface area contributed by atoms with Crippen molar-refractivity contribution in [1.82, 2.24) is 4.90 Å². The second-order valence-corrected chi connectivity index (χ2v) is 8.53. The van der Waals surface area contributed by atoms with Crippen molar-refractivity contribution in [1.29, 1.82) is 0 Å². The van der Waals surface area contributed by atoms with Crippen molar-refractivity contribution in [2.75, 3.05) is 13.1 Å². The van der Waals surface area contributed by atoms with Crippen LogP contribution in [-0.2, 0) is 4.79 Å². The van der Waals surface area contributed by atoms with Crippen molar-refractivity contribution in [3.63, 3.8) is 0 Å². The minimum absolute atomic E-state index is 0.190. The van der Waals surface area contributed by atoms with Gasteiger partial charge in [0.2, 0.25) is 5.91 Å². The van der Waals surface area contributed by atoms with Crippen molar-refractivity contribution >= 4 is 5.91 Å². The van der Waals surface area contributed by atoms with E-state index >= 15 is 0 Å². The zero-order valence-electron chi connectivity index (χ0n) is 12.7. The Balaban J connectivity index is 1.45. The van der Waals surface area contributed by atoms with Crippen LogP contribution in [0.3, 0.4) is 0 Å². The van der Waals surface area contributed by atoms with Crippen LogP contribution < -0.4 is 5.73 Å². The van der Waals surface area contributed by atoms with Gasteiger partial charge in [-0.1, -0.05) is 6.92 Å². The predicted molar refractivity (Wildman–Crippen MR) is 78.9 cm³/mol. The van der Waals surface area contributed by atoms with Crippen LogP contribution in [-0.4, -0.2) is 29.9 Å². The molecule has 3 nitrogen and oxygen atoms in total. The summed E-state index contributed by atoms with van der Waals surface area (Å²) in [6, 6.07) is 0.190. The zero-order chi connectivity index (χ0) is 13.9. The van der Waals surface area contributed by atoms with Crippen LogP contribution in [0.15, 0.2) is 0 Å². The van der Waals surface area contributed by atoms with Gasteiger partial charge in [-0.05, 0) is 67.6 Å². The molecule has 2 unspecified atom stereocenters. The van der Waals surface area contributed by atoms with E-state index in [0.717, 1.165) is 37.3 Å². The van der Waals surface area contributed by atoms with Crippen LogP contribution in [0.1, 0.15) is 51.9 Å². The Morgan fingerprint density at radius 2 is 1.65 bits per heavy atom. The predicted octanol–water partition coefficient (Wildman–Crippen LogP) is 2.40. The van der Waals surface area contributed by atoms with Crippen LogP contribution >= 0.6 is 0 Å². The molecule has 1 heterocycles. The molecule has 20 heavy (non-hydrogen) atoms. The molecule has 1 saturated heterocycles. The molecule has 3 heteroatoms. The van der Waals surface area contributed by atoms with Crippen molar-refractivity contribution in [2.45, 2.75) is 57.9 Å². The summed E-state index contributed by atoms with van der Waals surface area (Å²) < 4.78 is 0. The lowest BCUT2D eigenvalue weighted by Crippen LogP contribution is -2.48. The van der Waals surface area contributed by atoms with Gasteiger partial charge in [0, 0.05) is 25.6 Å². The highest BCUT2D eigenvalue weighted by molar-refractivity contribution is 5.77. The molecular formula is C17H28N2O. The van der Waals surface area contributed by atoms with Gasteiger partial charge in [0.1, 0.15) is 0 Å². The third kappa shape index (κ3) is 2.09. The van der Waals surface area contributed by atoms with E-state index in [4.69, 9.17) is 5.73 Å². The maximum Gasteiger partial charge on any atom is 0.223 e. The molecule has 5 fully saturated rings. The molecule has 0 aromatic carbocycles. The molecule has 5 aliphatic rings. The molecule has 0 aromatic rings. The fourth-order valence-corrected chi connectivity index (χ4v) is 6.13. The van der Waals surface area contributed by atoms with E-state index in [2.05, 4.69) is 6.92 Å². The summed E-state index contributed by atoms with van der Waals surface area (Å²) in [5.74, 6) is 3.68. The molecule has 0 spiro atoms. The van der Waals surface area contributed by atoms with E-state index in [1.165, 1.54) is 38.5 Å². The normalized spacial score (nSPS) is 49.9. The lowest BCUT2D eigenvalue weighted by molar-refractivity contribution is -0.138. The van der Waals surface area contributed by atoms with E-state index in [9.17, 15) is 4.79 Å². The number of carbonyl (C=O) groups is 1. The number of rotatable bonds is 2. The summed E-state index contributed by atoms with van der Waals surface area (Å²) in [5, 5.41) is 0. The van der Waals surface area contributed by atoms with Crippen LogP contribution in [0.5, 0.6) is 0 Å². The number of likely N-dealkylation sites (tertiary alicyclic amines) is 1. The van der Waals surface area contributed by atoms with Gasteiger partial charge in [-0.25, -0.2) is 0 Å². The van der Waals surface area contributed by atoms with Crippen LogP contribution in [0.2, 0.25) is 0 Å². The van der Waals surface area contributed by atoms with E-state index in [-0.39, 0.29) is 6.04 Å². The number of nitrogens with zero attached hydrogens (tertiary/aromatic N) is 1. The second kappa shape index (κ2) is 4.46. The van der Waals surface area contributed by atoms with Gasteiger partial charge in [-0.15, -0.1) is 0 Å². The molecule has 2 N–H and O–H groups in total. The van der Waals surface area contributed by atoms with Crippen LogP contribution in [0.25, 0.3) is 0 Å². The highest BCUT2D eigenvalue weighted by Crippen LogP contribution is 2.61. The minimum Gasteiger partial charge on any atom is -0.341 e. The molecule has 1 aliphatic heterocycles. The topological polar surface area (TPSA) is 46.3 Å². The summed E-state index contributed by atoms with van der Waals surface area (Å²) in [6.07, 6.45) is 9.19. The quantitative estimate of drug-likeness (QED) is 0.842. The Morgan fingerprint density at radius 3 is 2.10 bits per heavy atom. The number of nitrogens with two attached hydrogens (primary N) is 1. The molecule has 4 saturated carbocycles. The molecule has 0 aromatic heterocycles. The van der Waals surface area contributed by atoms with Gasteiger partial charge in [-0.2, -0.15) is 0 Å². The van der Waals surface area contributed by atoms with E-state index in [1.54, 1.807) is 0 Å². The smallest absolute Gasteiger partial charge is 0.223 e. The van der Waals surface area contributed by atoms with Gasteiger partial charge < -0.3 is 10.6 Å². The average Bonchev–Trinajstić information content (AvgIpc) is 2.67. The fraction of sp³-hybridized carbons (Fsp3) is 0.941. The first-order valence-electron chi connectivity index (χ1n) is 8.56. The number of amides is 1. The van der Waals surface area contributed by atoms with E-state index in [0.29, 0.717) is 17.2 Å². The average molecular weight is 276 g/mol. The highest BCUT2D eigenvalue weighted by atomic mass is 16.2. The van der Waals surface area contributed by atoms with Gasteiger partial charge in [0.25, 0.3) is 0 Å². The monoisotopic (exact) mass is 276 g/mol. The molecule has 112 valence electrons. The first-order chi connectivity index (χ1) is 9.53. The van der Waals surface area contributed by atoms with Crippen molar-refractivity contribution in [3.8, 4) is 0 Å². The van der Waals surface area contributed by atoms with Gasteiger partial charge in [0.15, 0.2) is 0 Å². The molecule has 4 bridgehead atoms. The molecular weight excluding hydrogens is 248 g/mol. The molecule has 5 rings (SSSR count). The van der Waals surface area contributed by atoms with Gasteiger partial charge >= 0.3 is 0 Å². The van der Waals surface area contributed by atoms with Crippen LogP contribution in [0, 0.1) is 29.1 Å². The number of hydrogen-bond acceptors (Lipinski definition) is 2. The molecule has 4 aliphatic carbocycles. The highest BCUT2D eigenvalue weighted by Gasteiger charge is 2.52. The largest absolute Gasteiger partial charge is 0.341 e. The number of carbonyl (C=O) groups excluding carboxylic acids is 1. The summed E-state index contributed by atoms with van der Waals surface area (Å²) in [5.41, 5.74) is 6.45. The third-order valence-electron chi connectivity index (χ3n) is 6.71. The summed E-state index contributed by atoms with van der Waals surface area (Å²) in [6.45, 7) is 3.83. The minimum atomic E-state index is 0.190.